The van der Waals surface area contributed by atoms with Crippen LogP contribution in [0.25, 0.3) is 11.2 Å². The fourth-order valence-corrected chi connectivity index (χ4v) is 8.62. The predicted molar refractivity (Wildman–Crippen MR) is 170 cm³/mol. The maximum absolute atomic E-state index is 11.6. The number of benzene rings is 1. The van der Waals surface area contributed by atoms with Crippen LogP contribution in [-0.2, 0) is 11.2 Å². The number of carbonyl (C=O) groups is 1. The Morgan fingerprint density at radius 3 is 2.53 bits per heavy atom. The third-order valence-corrected chi connectivity index (χ3v) is 10.7. The zero-order valence-corrected chi connectivity index (χ0v) is 26.8. The van der Waals surface area contributed by atoms with Gasteiger partial charge in [-0.3, -0.25) is 0 Å². The number of anilines is 2. The minimum atomic E-state index is -0.968. The summed E-state index contributed by atoms with van der Waals surface area (Å²) in [6.45, 7) is 8.47. The van der Waals surface area contributed by atoms with Crippen molar-refractivity contribution in [1.29, 1.82) is 0 Å². The molecule has 3 saturated heterocycles. The molecule has 43 heavy (non-hydrogen) atoms. The Labute approximate surface area is 261 Å². The monoisotopic (exact) mass is 651 g/mol. The Balaban J connectivity index is 1.18. The minimum Gasteiger partial charge on any atom is -0.465 e. The number of aromatic nitrogens is 4. The van der Waals surface area contributed by atoms with Crippen molar-refractivity contribution in [3.05, 3.63) is 40.0 Å². The molecule has 1 aromatic carbocycles. The third-order valence-electron chi connectivity index (χ3n) is 10.2. The lowest BCUT2D eigenvalue weighted by molar-refractivity contribution is -0.0368. The van der Waals surface area contributed by atoms with E-state index in [2.05, 4.69) is 55.3 Å². The summed E-state index contributed by atoms with van der Waals surface area (Å²) in [5.74, 6) is 2.08. The van der Waals surface area contributed by atoms with Crippen LogP contribution >= 0.6 is 15.9 Å². The van der Waals surface area contributed by atoms with Crippen LogP contribution in [0.4, 0.5) is 16.4 Å². The summed E-state index contributed by atoms with van der Waals surface area (Å²) < 4.78 is 8.94. The Morgan fingerprint density at radius 1 is 1.07 bits per heavy atom. The third kappa shape index (κ3) is 5.36. The second-order valence-electron chi connectivity index (χ2n) is 13.6. The first-order valence-corrected chi connectivity index (χ1v) is 16.7. The first-order chi connectivity index (χ1) is 20.7. The lowest BCUT2D eigenvalue weighted by atomic mass is 9.66. The summed E-state index contributed by atoms with van der Waals surface area (Å²) in [6, 6.07) is 8.75. The van der Waals surface area contributed by atoms with Gasteiger partial charge in [0.15, 0.2) is 29.0 Å². The molecule has 0 saturated carbocycles. The molecule has 3 aliphatic heterocycles. The van der Waals surface area contributed by atoms with Crippen LogP contribution in [0.3, 0.4) is 0 Å². The molecule has 3 fully saturated rings. The number of rotatable bonds is 6. The van der Waals surface area contributed by atoms with Crippen molar-refractivity contribution in [3.8, 4) is 0 Å². The average Bonchev–Trinajstić information content (AvgIpc) is 3.70. The van der Waals surface area contributed by atoms with Gasteiger partial charge in [0.05, 0.1) is 0 Å². The molecule has 1 unspecified atom stereocenters. The van der Waals surface area contributed by atoms with Gasteiger partial charge in [0, 0.05) is 38.3 Å². The lowest BCUT2D eigenvalue weighted by Crippen LogP contribution is -2.48. The summed E-state index contributed by atoms with van der Waals surface area (Å²) in [4.78, 5) is 26.6. The molecule has 230 valence electrons. The van der Waals surface area contributed by atoms with E-state index in [0.717, 1.165) is 105 Å². The molecule has 5 heterocycles. The number of fused-ring (bicyclic) bond motifs is 2. The van der Waals surface area contributed by atoms with Crippen LogP contribution in [0.5, 0.6) is 0 Å². The van der Waals surface area contributed by atoms with E-state index < -0.39 is 11.6 Å². The molecule has 0 bridgehead atoms. The zero-order valence-electron chi connectivity index (χ0n) is 25.2. The minimum absolute atomic E-state index is 0.0856. The van der Waals surface area contributed by atoms with Crippen LogP contribution in [0.1, 0.15) is 88.5 Å². The molecule has 2 N–H and O–H groups in total. The smallest absolute Gasteiger partial charge is 0.405 e. The molecule has 1 aliphatic carbocycles. The van der Waals surface area contributed by atoms with Crippen molar-refractivity contribution in [2.45, 2.75) is 89.3 Å². The fraction of sp³-hybridized carbons (Fsp3) is 0.625. The van der Waals surface area contributed by atoms with Gasteiger partial charge in [-0.15, -0.1) is 5.10 Å². The summed E-state index contributed by atoms with van der Waals surface area (Å²) in [5.41, 5.74) is 4.00. The van der Waals surface area contributed by atoms with Gasteiger partial charge in [-0.25, -0.2) is 19.4 Å². The van der Waals surface area contributed by atoms with E-state index in [1.807, 2.05) is 18.5 Å². The zero-order chi connectivity index (χ0) is 29.8. The van der Waals surface area contributed by atoms with Crippen LogP contribution < -0.4 is 15.1 Å². The molecule has 1 spiro atoms. The summed E-state index contributed by atoms with van der Waals surface area (Å²) in [7, 11) is 0. The molecular weight excluding hydrogens is 610 g/mol. The first-order valence-electron chi connectivity index (χ1n) is 15.9. The summed E-state index contributed by atoms with van der Waals surface area (Å²) >= 11 is 3.81. The number of ether oxygens (including phenoxy) is 1. The molecule has 3 aromatic rings. The van der Waals surface area contributed by atoms with Crippen molar-refractivity contribution in [3.63, 3.8) is 0 Å². The number of piperidine rings is 1. The second kappa shape index (κ2) is 11.2. The predicted octanol–water partition coefficient (Wildman–Crippen LogP) is 6.25. The number of nitrogens with zero attached hydrogens (tertiary/aromatic N) is 6. The number of amides is 1. The highest BCUT2D eigenvalue weighted by Crippen LogP contribution is 2.56. The molecule has 0 radical (unpaired) electrons. The Hall–Kier alpha value is -2.92. The van der Waals surface area contributed by atoms with Gasteiger partial charge < -0.3 is 25.0 Å². The number of nitrogens with one attached hydrogen (secondary N) is 1. The van der Waals surface area contributed by atoms with Crippen LogP contribution in [0.15, 0.2) is 28.9 Å². The standard InChI is InChI=1S/C32H42BrN7O3/c1-31(2,36-30(41)42)20-23-22-10-4-3-9-21(22)19-32(23)12-16-39(17-13-32)29-26(33)34-25-27(35-29)40(24-11-5-8-18-43-24)37-28(25)38-14-6-7-15-38/h3-4,9-10,23-24,36H,5-8,11-20H2,1-2H3,(H,41,42)/t23-,24?/m1/s1. The maximum atomic E-state index is 11.6. The highest BCUT2D eigenvalue weighted by Gasteiger charge is 2.49. The molecule has 7 rings (SSSR count). The molecular formula is C32H42BrN7O3. The number of halogens is 1. The van der Waals surface area contributed by atoms with Crippen LogP contribution in [-0.4, -0.2) is 69.3 Å². The fourth-order valence-electron chi connectivity index (χ4n) is 8.10. The normalized spacial score (nSPS) is 23.7. The van der Waals surface area contributed by atoms with Gasteiger partial charge in [-0.2, -0.15) is 0 Å². The van der Waals surface area contributed by atoms with Crippen molar-refractivity contribution in [1.82, 2.24) is 25.1 Å². The van der Waals surface area contributed by atoms with Crippen molar-refractivity contribution in [2.75, 3.05) is 42.6 Å². The van der Waals surface area contributed by atoms with Gasteiger partial charge in [-0.1, -0.05) is 24.3 Å². The highest BCUT2D eigenvalue weighted by molar-refractivity contribution is 9.10. The van der Waals surface area contributed by atoms with E-state index in [4.69, 9.17) is 19.8 Å². The Bertz CT molecular complexity index is 1500. The van der Waals surface area contributed by atoms with Crippen molar-refractivity contribution >= 4 is 44.8 Å². The molecule has 2 atom stereocenters. The van der Waals surface area contributed by atoms with Crippen molar-refractivity contribution in [2.24, 2.45) is 5.41 Å². The maximum Gasteiger partial charge on any atom is 0.405 e. The number of carboxylic acid groups (broad SMARTS) is 1. The second-order valence-corrected chi connectivity index (χ2v) is 14.3. The molecule has 1 amide bonds. The van der Waals surface area contributed by atoms with Gasteiger partial charge in [0.1, 0.15) is 4.60 Å². The molecule has 11 heteroatoms. The number of hydrogen-bond donors (Lipinski definition) is 2. The highest BCUT2D eigenvalue weighted by atomic mass is 79.9. The van der Waals surface area contributed by atoms with E-state index in [1.54, 1.807) is 0 Å². The van der Waals surface area contributed by atoms with Gasteiger partial charge in [-0.05, 0) is 110 Å². The summed E-state index contributed by atoms with van der Waals surface area (Å²) in [6.07, 6.45) is 8.22. The van der Waals surface area contributed by atoms with Crippen LogP contribution in [0, 0.1) is 5.41 Å². The van der Waals surface area contributed by atoms with E-state index in [1.165, 1.54) is 24.0 Å². The van der Waals surface area contributed by atoms with Crippen LogP contribution in [0.2, 0.25) is 0 Å². The Morgan fingerprint density at radius 2 is 1.81 bits per heavy atom. The van der Waals surface area contributed by atoms with E-state index in [9.17, 15) is 9.90 Å². The van der Waals surface area contributed by atoms with E-state index >= 15 is 0 Å². The summed E-state index contributed by atoms with van der Waals surface area (Å²) in [5, 5.41) is 17.3. The Kier molecular flexibility index (Phi) is 7.52. The van der Waals surface area contributed by atoms with Gasteiger partial charge in [0.25, 0.3) is 0 Å². The SMILES string of the molecule is CC(C)(C[C@@H]1c2ccccc2CC12CCN(c1nc3c(nc1Br)c(N1CCCC1)nn3C1CCCCO1)CC2)NC(=O)O. The van der Waals surface area contributed by atoms with Gasteiger partial charge in [0.2, 0.25) is 0 Å². The molecule has 2 aromatic heterocycles. The molecule has 10 nitrogen and oxygen atoms in total. The first kappa shape index (κ1) is 28.8. The lowest BCUT2D eigenvalue weighted by Gasteiger charge is -2.45. The molecule has 4 aliphatic rings. The van der Waals surface area contributed by atoms with Gasteiger partial charge >= 0.3 is 6.09 Å². The van der Waals surface area contributed by atoms with E-state index in [0.29, 0.717) is 0 Å². The quantitative estimate of drug-likeness (QED) is 0.322. The van der Waals surface area contributed by atoms with E-state index in [-0.39, 0.29) is 17.6 Å². The van der Waals surface area contributed by atoms with Crippen molar-refractivity contribution < 1.29 is 14.6 Å². The average molecular weight is 653 g/mol. The largest absolute Gasteiger partial charge is 0.465 e. The topological polar surface area (TPSA) is 109 Å². The number of hydrogen-bond acceptors (Lipinski definition) is 7.